The molecule has 0 aliphatic carbocycles. The summed E-state index contributed by atoms with van der Waals surface area (Å²) in [6.07, 6.45) is 1.68. The van der Waals surface area contributed by atoms with Gasteiger partial charge < -0.3 is 10.6 Å². The van der Waals surface area contributed by atoms with Gasteiger partial charge in [0.1, 0.15) is 5.82 Å². The minimum absolute atomic E-state index is 0.0963. The summed E-state index contributed by atoms with van der Waals surface area (Å²) in [6.45, 7) is 6.06. The average Bonchev–Trinajstić information content (AvgIpc) is 3.24. The second-order valence-corrected chi connectivity index (χ2v) is 8.10. The minimum atomic E-state index is -0.0963. The topological polar surface area (TPSA) is 84.7 Å². The number of amides is 1. The van der Waals surface area contributed by atoms with Crippen LogP contribution in [-0.4, -0.2) is 31.6 Å². The molecule has 2 aromatic heterocycles. The van der Waals surface area contributed by atoms with E-state index in [-0.39, 0.29) is 17.7 Å². The molecule has 0 atom stereocenters. The molecule has 2 N–H and O–H groups in total. The molecule has 3 aromatic rings. The molecule has 0 fully saturated rings. The monoisotopic (exact) mass is 388 g/mol. The van der Waals surface area contributed by atoms with Crippen LogP contribution in [0.25, 0.3) is 0 Å². The summed E-state index contributed by atoms with van der Waals surface area (Å²) in [5.41, 5.74) is 2.14. The standard InChI is InChI=1S/C17H20N6OS2/c1-11(2)23-14(8-9-18-23)20-15(24)10-25-17-22-21-16(26-17)19-13-7-5-4-6-12(13)3/h4-9,11H,10H2,1-3H3,(H,19,21)(H,20,24). The molecule has 136 valence electrons. The van der Waals surface area contributed by atoms with Crippen molar-refractivity contribution in [3.63, 3.8) is 0 Å². The second-order valence-electron chi connectivity index (χ2n) is 5.90. The number of nitrogens with zero attached hydrogens (tertiary/aromatic N) is 4. The largest absolute Gasteiger partial charge is 0.330 e. The predicted molar refractivity (Wildman–Crippen MR) is 106 cm³/mol. The number of nitrogens with one attached hydrogen (secondary N) is 2. The highest BCUT2D eigenvalue weighted by atomic mass is 32.2. The van der Waals surface area contributed by atoms with E-state index in [1.165, 1.54) is 23.1 Å². The summed E-state index contributed by atoms with van der Waals surface area (Å²) in [4.78, 5) is 12.2. The first-order valence-electron chi connectivity index (χ1n) is 8.15. The third-order valence-corrected chi connectivity index (χ3v) is 5.52. The molecule has 2 heterocycles. The molecule has 0 saturated carbocycles. The summed E-state index contributed by atoms with van der Waals surface area (Å²) in [6, 6.07) is 9.97. The number of benzene rings is 1. The SMILES string of the molecule is Cc1ccccc1Nc1nnc(SCC(=O)Nc2ccnn2C(C)C)s1. The zero-order chi connectivity index (χ0) is 18.5. The molecule has 0 bridgehead atoms. The van der Waals surface area contributed by atoms with Crippen LogP contribution in [-0.2, 0) is 4.79 Å². The van der Waals surface area contributed by atoms with E-state index in [0.717, 1.165) is 15.6 Å². The van der Waals surface area contributed by atoms with Crippen LogP contribution in [0.2, 0.25) is 0 Å². The predicted octanol–water partition coefficient (Wildman–Crippen LogP) is 4.10. The average molecular weight is 389 g/mol. The first-order chi connectivity index (χ1) is 12.5. The molecule has 0 spiro atoms. The lowest BCUT2D eigenvalue weighted by Gasteiger charge is -2.11. The van der Waals surface area contributed by atoms with Crippen LogP contribution < -0.4 is 10.6 Å². The Labute approximate surface area is 160 Å². The fourth-order valence-electron chi connectivity index (χ4n) is 2.28. The van der Waals surface area contributed by atoms with Crippen molar-refractivity contribution in [2.24, 2.45) is 0 Å². The lowest BCUT2D eigenvalue weighted by Crippen LogP contribution is -2.18. The normalized spacial score (nSPS) is 10.9. The van der Waals surface area contributed by atoms with Gasteiger partial charge in [-0.25, -0.2) is 4.68 Å². The Hall–Kier alpha value is -2.39. The van der Waals surface area contributed by atoms with E-state index in [0.29, 0.717) is 10.9 Å². The molecule has 0 saturated heterocycles. The van der Waals surface area contributed by atoms with Crippen molar-refractivity contribution in [3.8, 4) is 0 Å². The zero-order valence-electron chi connectivity index (χ0n) is 14.8. The Kier molecular flexibility index (Phi) is 5.89. The molecule has 26 heavy (non-hydrogen) atoms. The Balaban J connectivity index is 1.54. The van der Waals surface area contributed by atoms with Crippen molar-refractivity contribution in [3.05, 3.63) is 42.1 Å². The van der Waals surface area contributed by atoms with Crippen LogP contribution in [0.15, 0.2) is 40.9 Å². The summed E-state index contributed by atoms with van der Waals surface area (Å²) in [5, 5.41) is 19.3. The summed E-state index contributed by atoms with van der Waals surface area (Å²) < 4.78 is 2.52. The minimum Gasteiger partial charge on any atom is -0.330 e. The Morgan fingerprint density at radius 3 is 2.85 bits per heavy atom. The molecule has 3 rings (SSSR count). The maximum Gasteiger partial charge on any atom is 0.235 e. The summed E-state index contributed by atoms with van der Waals surface area (Å²) in [5.74, 6) is 0.869. The highest BCUT2D eigenvalue weighted by Gasteiger charge is 2.12. The lowest BCUT2D eigenvalue weighted by atomic mass is 10.2. The number of carbonyl (C=O) groups excluding carboxylic acids is 1. The van der Waals surface area contributed by atoms with E-state index in [4.69, 9.17) is 0 Å². The fourth-order valence-corrected chi connectivity index (χ4v) is 3.84. The highest BCUT2D eigenvalue weighted by Crippen LogP contribution is 2.28. The molecule has 0 unspecified atom stereocenters. The van der Waals surface area contributed by atoms with E-state index in [1.54, 1.807) is 16.9 Å². The molecule has 0 aliphatic rings. The first-order valence-corrected chi connectivity index (χ1v) is 9.95. The molecular weight excluding hydrogens is 368 g/mol. The molecule has 1 amide bonds. The van der Waals surface area contributed by atoms with Crippen LogP contribution in [0.4, 0.5) is 16.6 Å². The number of rotatable bonds is 7. The smallest absolute Gasteiger partial charge is 0.235 e. The first kappa shape index (κ1) is 18.4. The highest BCUT2D eigenvalue weighted by molar-refractivity contribution is 8.01. The van der Waals surface area contributed by atoms with Gasteiger partial charge in [-0.2, -0.15) is 5.10 Å². The Morgan fingerprint density at radius 2 is 2.08 bits per heavy atom. The van der Waals surface area contributed by atoms with Crippen molar-refractivity contribution < 1.29 is 4.79 Å². The van der Waals surface area contributed by atoms with Gasteiger partial charge in [-0.1, -0.05) is 41.3 Å². The molecule has 0 aliphatic heterocycles. The van der Waals surface area contributed by atoms with Crippen LogP contribution in [0.1, 0.15) is 25.5 Å². The number of aromatic nitrogens is 4. The van der Waals surface area contributed by atoms with Gasteiger partial charge in [-0.15, -0.1) is 10.2 Å². The van der Waals surface area contributed by atoms with Gasteiger partial charge in [0.2, 0.25) is 11.0 Å². The number of carbonyl (C=O) groups is 1. The third kappa shape index (κ3) is 4.61. The summed E-state index contributed by atoms with van der Waals surface area (Å²) >= 11 is 2.79. The van der Waals surface area contributed by atoms with Gasteiger partial charge in [-0.05, 0) is 32.4 Å². The quantitative estimate of drug-likeness (QED) is 0.593. The van der Waals surface area contributed by atoms with Crippen molar-refractivity contribution in [2.45, 2.75) is 31.2 Å². The van der Waals surface area contributed by atoms with Crippen molar-refractivity contribution in [1.82, 2.24) is 20.0 Å². The number of anilines is 3. The van der Waals surface area contributed by atoms with Crippen LogP contribution >= 0.6 is 23.1 Å². The number of thioether (sulfide) groups is 1. The van der Waals surface area contributed by atoms with Gasteiger partial charge >= 0.3 is 0 Å². The fraction of sp³-hybridized carbons (Fsp3) is 0.294. The van der Waals surface area contributed by atoms with Gasteiger partial charge in [0.25, 0.3) is 0 Å². The maximum atomic E-state index is 12.2. The Morgan fingerprint density at radius 1 is 1.27 bits per heavy atom. The molecule has 7 nitrogen and oxygen atoms in total. The van der Waals surface area contributed by atoms with Crippen LogP contribution in [0.5, 0.6) is 0 Å². The molecular formula is C17H20N6OS2. The molecule has 9 heteroatoms. The number of para-hydroxylation sites is 1. The van der Waals surface area contributed by atoms with Crippen LogP contribution in [0.3, 0.4) is 0 Å². The third-order valence-electron chi connectivity index (χ3n) is 3.55. The van der Waals surface area contributed by atoms with E-state index in [9.17, 15) is 4.79 Å². The van der Waals surface area contributed by atoms with E-state index in [1.807, 2.05) is 45.0 Å². The van der Waals surface area contributed by atoms with Gasteiger partial charge in [-0.3, -0.25) is 4.79 Å². The van der Waals surface area contributed by atoms with Crippen molar-refractivity contribution in [2.75, 3.05) is 16.4 Å². The van der Waals surface area contributed by atoms with Crippen molar-refractivity contribution in [1.29, 1.82) is 0 Å². The van der Waals surface area contributed by atoms with Gasteiger partial charge in [0.15, 0.2) is 4.34 Å². The Bertz CT molecular complexity index is 889. The number of aryl methyl sites for hydroxylation is 1. The molecule has 1 aromatic carbocycles. The van der Waals surface area contributed by atoms with E-state index < -0.39 is 0 Å². The zero-order valence-corrected chi connectivity index (χ0v) is 16.4. The van der Waals surface area contributed by atoms with Gasteiger partial charge in [0, 0.05) is 17.8 Å². The molecule has 0 radical (unpaired) electrons. The summed E-state index contributed by atoms with van der Waals surface area (Å²) in [7, 11) is 0. The number of hydrogen-bond acceptors (Lipinski definition) is 7. The van der Waals surface area contributed by atoms with E-state index in [2.05, 4.69) is 25.9 Å². The van der Waals surface area contributed by atoms with E-state index >= 15 is 0 Å². The second kappa shape index (κ2) is 8.33. The van der Waals surface area contributed by atoms with Crippen molar-refractivity contribution >= 4 is 45.6 Å². The number of hydrogen-bond donors (Lipinski definition) is 2. The lowest BCUT2D eigenvalue weighted by molar-refractivity contribution is -0.113. The van der Waals surface area contributed by atoms with Crippen LogP contribution in [0, 0.1) is 6.92 Å². The van der Waals surface area contributed by atoms with Gasteiger partial charge in [0.05, 0.1) is 11.9 Å². The maximum absolute atomic E-state index is 12.2.